The smallest absolute Gasteiger partial charge is 0.221 e. The predicted octanol–water partition coefficient (Wildman–Crippen LogP) is 3.83. The van der Waals surface area contributed by atoms with Gasteiger partial charge >= 0.3 is 0 Å². The Balaban J connectivity index is 1.38. The SMILES string of the molecule is Cn1c(CCNC(=O)CCN2c3ccccc3Sc3ccccc32)n[nH]c1=S. The second-order valence-corrected chi connectivity index (χ2v) is 8.01. The Kier molecular flexibility index (Phi) is 5.50. The van der Waals surface area contributed by atoms with E-state index >= 15 is 0 Å². The summed E-state index contributed by atoms with van der Waals surface area (Å²) in [6, 6.07) is 16.7. The van der Waals surface area contributed by atoms with Crippen LogP contribution in [0.1, 0.15) is 12.2 Å². The van der Waals surface area contributed by atoms with Crippen LogP contribution in [-0.2, 0) is 18.3 Å². The molecule has 144 valence electrons. The Morgan fingerprint density at radius 2 is 1.79 bits per heavy atom. The van der Waals surface area contributed by atoms with Crippen LogP contribution in [0, 0.1) is 4.77 Å². The van der Waals surface area contributed by atoms with Crippen molar-refractivity contribution in [1.82, 2.24) is 20.1 Å². The lowest BCUT2D eigenvalue weighted by atomic mass is 10.2. The zero-order valence-corrected chi connectivity index (χ0v) is 17.1. The first-order chi connectivity index (χ1) is 13.6. The van der Waals surface area contributed by atoms with Gasteiger partial charge in [0.2, 0.25) is 5.91 Å². The largest absolute Gasteiger partial charge is 0.356 e. The Bertz CT molecular complexity index is 1010. The molecule has 1 aliphatic rings. The molecule has 2 aromatic carbocycles. The van der Waals surface area contributed by atoms with E-state index < -0.39 is 0 Å². The van der Waals surface area contributed by atoms with E-state index in [1.54, 1.807) is 11.8 Å². The van der Waals surface area contributed by atoms with Gasteiger partial charge < -0.3 is 14.8 Å². The summed E-state index contributed by atoms with van der Waals surface area (Å²) in [5.41, 5.74) is 2.31. The molecule has 0 radical (unpaired) electrons. The third-order valence-corrected chi connectivity index (χ3v) is 6.23. The van der Waals surface area contributed by atoms with Crippen molar-refractivity contribution in [2.45, 2.75) is 22.6 Å². The normalized spacial score (nSPS) is 12.4. The number of amides is 1. The number of aromatic amines is 1. The summed E-state index contributed by atoms with van der Waals surface area (Å²) in [6.45, 7) is 1.17. The molecular weight excluding hydrogens is 390 g/mol. The number of H-pyrrole nitrogens is 1. The average molecular weight is 412 g/mol. The molecule has 0 unspecified atom stereocenters. The number of rotatable bonds is 6. The van der Waals surface area contributed by atoms with Crippen molar-refractivity contribution in [2.24, 2.45) is 7.05 Å². The number of hydrogen-bond acceptors (Lipinski definition) is 5. The Morgan fingerprint density at radius 3 is 2.39 bits per heavy atom. The molecule has 4 rings (SSSR count). The zero-order chi connectivity index (χ0) is 19.5. The van der Waals surface area contributed by atoms with E-state index in [0.717, 1.165) is 17.2 Å². The summed E-state index contributed by atoms with van der Waals surface area (Å²) in [6.07, 6.45) is 1.06. The Labute approximate surface area is 173 Å². The minimum Gasteiger partial charge on any atom is -0.356 e. The van der Waals surface area contributed by atoms with E-state index in [1.165, 1.54) is 9.79 Å². The van der Waals surface area contributed by atoms with E-state index in [0.29, 0.717) is 30.7 Å². The van der Waals surface area contributed by atoms with Gasteiger partial charge in [-0.25, -0.2) is 0 Å². The molecule has 0 spiro atoms. The number of anilines is 2. The van der Waals surface area contributed by atoms with Crippen LogP contribution < -0.4 is 10.2 Å². The zero-order valence-electron chi connectivity index (χ0n) is 15.5. The topological polar surface area (TPSA) is 66.0 Å². The van der Waals surface area contributed by atoms with Gasteiger partial charge in [-0.2, -0.15) is 5.10 Å². The highest BCUT2D eigenvalue weighted by Gasteiger charge is 2.23. The molecule has 6 nitrogen and oxygen atoms in total. The van der Waals surface area contributed by atoms with Gasteiger partial charge in [-0.15, -0.1) is 0 Å². The molecule has 3 aromatic rings. The first-order valence-electron chi connectivity index (χ1n) is 9.14. The molecule has 0 aliphatic carbocycles. The van der Waals surface area contributed by atoms with E-state index in [-0.39, 0.29) is 5.91 Å². The van der Waals surface area contributed by atoms with Crippen molar-refractivity contribution in [1.29, 1.82) is 0 Å². The molecule has 0 saturated carbocycles. The number of carbonyl (C=O) groups is 1. The van der Waals surface area contributed by atoms with Crippen molar-refractivity contribution < 1.29 is 4.79 Å². The minimum atomic E-state index is 0.0324. The minimum absolute atomic E-state index is 0.0324. The van der Waals surface area contributed by atoms with Crippen molar-refractivity contribution in [3.05, 3.63) is 59.1 Å². The molecule has 1 aromatic heterocycles. The molecule has 0 saturated heterocycles. The summed E-state index contributed by atoms with van der Waals surface area (Å²) >= 11 is 6.88. The number of fused-ring (bicyclic) bond motifs is 2. The number of para-hydroxylation sites is 2. The first-order valence-corrected chi connectivity index (χ1v) is 10.4. The number of benzene rings is 2. The van der Waals surface area contributed by atoms with E-state index in [1.807, 2.05) is 35.9 Å². The maximum atomic E-state index is 12.4. The molecule has 2 heterocycles. The second kappa shape index (κ2) is 8.20. The summed E-state index contributed by atoms with van der Waals surface area (Å²) < 4.78 is 2.41. The fourth-order valence-corrected chi connectivity index (χ4v) is 4.49. The van der Waals surface area contributed by atoms with Crippen molar-refractivity contribution in [2.75, 3.05) is 18.0 Å². The van der Waals surface area contributed by atoms with Crippen LogP contribution in [0.3, 0.4) is 0 Å². The molecule has 0 bridgehead atoms. The van der Waals surface area contributed by atoms with E-state index in [4.69, 9.17) is 12.2 Å². The maximum absolute atomic E-state index is 12.4. The molecule has 0 atom stereocenters. The standard InChI is InChI=1S/C20H21N5OS2/c1-24-18(22-23-20(24)27)10-12-21-19(26)11-13-25-14-6-2-4-8-16(14)28-17-9-5-3-7-15(17)25/h2-9H,10-13H2,1H3,(H,21,26)(H,23,27). The molecule has 1 amide bonds. The highest BCUT2D eigenvalue weighted by atomic mass is 32.2. The van der Waals surface area contributed by atoms with Crippen molar-refractivity contribution in [3.8, 4) is 0 Å². The lowest BCUT2D eigenvalue weighted by Crippen LogP contribution is -2.31. The lowest BCUT2D eigenvalue weighted by molar-refractivity contribution is -0.120. The first kappa shape index (κ1) is 18.8. The molecule has 2 N–H and O–H groups in total. The third-order valence-electron chi connectivity index (χ3n) is 4.74. The molecule has 28 heavy (non-hydrogen) atoms. The number of carbonyl (C=O) groups excluding carboxylic acids is 1. The summed E-state index contributed by atoms with van der Waals surface area (Å²) in [7, 11) is 1.87. The highest BCUT2D eigenvalue weighted by molar-refractivity contribution is 7.99. The van der Waals surface area contributed by atoms with Gasteiger partial charge in [0.1, 0.15) is 5.82 Å². The number of aromatic nitrogens is 3. The molecular formula is C20H21N5OS2. The lowest BCUT2D eigenvalue weighted by Gasteiger charge is -2.32. The van der Waals surface area contributed by atoms with Crippen LogP contribution in [0.2, 0.25) is 0 Å². The summed E-state index contributed by atoms with van der Waals surface area (Å²) in [5.74, 6) is 0.867. The van der Waals surface area contributed by atoms with E-state index in [2.05, 4.69) is 44.7 Å². The summed E-state index contributed by atoms with van der Waals surface area (Å²) in [5, 5.41) is 9.91. The molecule has 8 heteroatoms. The van der Waals surface area contributed by atoms with Crippen LogP contribution in [0.25, 0.3) is 0 Å². The second-order valence-electron chi connectivity index (χ2n) is 6.54. The Hall–Kier alpha value is -2.58. The van der Waals surface area contributed by atoms with Gasteiger partial charge in [0.05, 0.1) is 11.4 Å². The van der Waals surface area contributed by atoms with Gasteiger partial charge in [0.15, 0.2) is 4.77 Å². The quantitative estimate of drug-likeness (QED) is 0.604. The fourth-order valence-electron chi connectivity index (χ4n) is 3.24. The van der Waals surface area contributed by atoms with Crippen LogP contribution in [0.4, 0.5) is 11.4 Å². The van der Waals surface area contributed by atoms with Gasteiger partial charge in [0, 0.05) is 42.8 Å². The van der Waals surface area contributed by atoms with E-state index in [9.17, 15) is 4.79 Å². The van der Waals surface area contributed by atoms with Gasteiger partial charge in [-0.1, -0.05) is 36.0 Å². The third kappa shape index (κ3) is 3.83. The van der Waals surface area contributed by atoms with Crippen LogP contribution in [0.15, 0.2) is 58.3 Å². The molecule has 1 aliphatic heterocycles. The Morgan fingerprint density at radius 1 is 1.14 bits per heavy atom. The van der Waals surface area contributed by atoms with Gasteiger partial charge in [-0.05, 0) is 36.5 Å². The van der Waals surface area contributed by atoms with Gasteiger partial charge in [0.25, 0.3) is 0 Å². The average Bonchev–Trinajstić information content (AvgIpc) is 3.03. The highest BCUT2D eigenvalue weighted by Crippen LogP contribution is 2.47. The number of nitrogens with zero attached hydrogens (tertiary/aromatic N) is 3. The number of hydrogen-bond donors (Lipinski definition) is 2. The fraction of sp³-hybridized carbons (Fsp3) is 0.250. The van der Waals surface area contributed by atoms with Crippen molar-refractivity contribution >= 4 is 41.3 Å². The van der Waals surface area contributed by atoms with Crippen LogP contribution >= 0.6 is 24.0 Å². The monoisotopic (exact) mass is 411 g/mol. The predicted molar refractivity (Wildman–Crippen MR) is 114 cm³/mol. The maximum Gasteiger partial charge on any atom is 0.221 e. The van der Waals surface area contributed by atoms with Gasteiger partial charge in [-0.3, -0.25) is 9.89 Å². The number of nitrogens with one attached hydrogen (secondary N) is 2. The molecule has 0 fully saturated rings. The van der Waals surface area contributed by atoms with Crippen LogP contribution in [-0.4, -0.2) is 33.8 Å². The van der Waals surface area contributed by atoms with Crippen molar-refractivity contribution in [3.63, 3.8) is 0 Å². The summed E-state index contributed by atoms with van der Waals surface area (Å²) in [4.78, 5) is 17.1. The van der Waals surface area contributed by atoms with Crippen LogP contribution in [0.5, 0.6) is 0 Å².